The number of nitrogen functional groups attached to an aromatic ring is 1. The Hall–Kier alpha value is -1.59. The summed E-state index contributed by atoms with van der Waals surface area (Å²) in [7, 11) is 1.19. The molecule has 6 heteroatoms. The molecule has 13 heavy (non-hydrogen) atoms. The number of hydrogen-bond donors (Lipinski definition) is 2. The van der Waals surface area contributed by atoms with Crippen molar-refractivity contribution in [2.75, 3.05) is 12.8 Å². The molecule has 0 atom stereocenters. The number of ether oxygens (including phenoxy) is 1. The van der Waals surface area contributed by atoms with Gasteiger partial charge < -0.3 is 10.5 Å². The molecule has 0 radical (unpaired) electrons. The number of H-pyrrole nitrogens is 1. The zero-order valence-electron chi connectivity index (χ0n) is 6.80. The second-order valence-corrected chi connectivity index (χ2v) is 2.34. The Balaban J connectivity index is 3.33. The van der Waals surface area contributed by atoms with E-state index in [0.717, 1.165) is 6.07 Å². The first-order chi connectivity index (χ1) is 6.06. The van der Waals surface area contributed by atoms with Crippen molar-refractivity contribution in [2.45, 2.75) is 6.43 Å². The lowest BCUT2D eigenvalue weighted by Gasteiger charge is -2.06. The molecule has 1 rings (SSSR count). The quantitative estimate of drug-likeness (QED) is 0.728. The summed E-state index contributed by atoms with van der Waals surface area (Å²) in [4.78, 5) is 13.0. The molecule has 3 N–H and O–H groups in total. The molecule has 0 unspecified atom stereocenters. The molecule has 0 bridgehead atoms. The molecule has 0 aliphatic rings. The van der Waals surface area contributed by atoms with E-state index in [2.05, 4.69) is 9.72 Å². The zero-order chi connectivity index (χ0) is 10.0. The number of methoxy groups -OCH3 is 1. The zero-order valence-corrected chi connectivity index (χ0v) is 6.80. The fourth-order valence-electron chi connectivity index (χ4n) is 0.877. The van der Waals surface area contributed by atoms with Gasteiger partial charge in [0.2, 0.25) is 5.88 Å². The number of aromatic amines is 1. The lowest BCUT2D eigenvalue weighted by Crippen LogP contribution is -2.14. The molecule has 0 aliphatic heterocycles. The fraction of sp³-hybridized carbons (Fsp3) is 0.286. The van der Waals surface area contributed by atoms with Crippen molar-refractivity contribution in [1.29, 1.82) is 0 Å². The van der Waals surface area contributed by atoms with Crippen molar-refractivity contribution >= 4 is 5.69 Å². The summed E-state index contributed by atoms with van der Waals surface area (Å²) >= 11 is 0. The third kappa shape index (κ3) is 1.77. The van der Waals surface area contributed by atoms with Crippen LogP contribution in [0, 0.1) is 0 Å². The summed E-state index contributed by atoms with van der Waals surface area (Å²) in [5.74, 6) is -0.255. The van der Waals surface area contributed by atoms with E-state index in [0.29, 0.717) is 0 Å². The van der Waals surface area contributed by atoms with Gasteiger partial charge in [0, 0.05) is 0 Å². The number of nitrogens with two attached hydrogens (primary N) is 1. The van der Waals surface area contributed by atoms with E-state index in [9.17, 15) is 13.6 Å². The highest BCUT2D eigenvalue weighted by atomic mass is 19.3. The molecule has 0 aliphatic carbocycles. The Morgan fingerprint density at radius 1 is 1.62 bits per heavy atom. The number of nitrogens with one attached hydrogen (secondary N) is 1. The molecular formula is C7H8F2N2O2. The number of pyridine rings is 1. The minimum Gasteiger partial charge on any atom is -0.482 e. The Kier molecular flexibility index (Phi) is 2.50. The van der Waals surface area contributed by atoms with Crippen LogP contribution >= 0.6 is 0 Å². The van der Waals surface area contributed by atoms with Crippen molar-refractivity contribution in [1.82, 2.24) is 4.98 Å². The third-order valence-corrected chi connectivity index (χ3v) is 1.50. The summed E-state index contributed by atoms with van der Waals surface area (Å²) < 4.78 is 29.1. The van der Waals surface area contributed by atoms with Crippen molar-refractivity contribution in [2.24, 2.45) is 0 Å². The van der Waals surface area contributed by atoms with Gasteiger partial charge in [0.15, 0.2) is 0 Å². The van der Waals surface area contributed by atoms with Crippen LogP contribution in [0.5, 0.6) is 5.88 Å². The van der Waals surface area contributed by atoms with Crippen LogP contribution in [0.3, 0.4) is 0 Å². The molecule has 0 spiro atoms. The average molecular weight is 190 g/mol. The smallest absolute Gasteiger partial charge is 0.273 e. The predicted octanol–water partition coefficient (Wildman–Crippen LogP) is 0.903. The van der Waals surface area contributed by atoms with Gasteiger partial charge in [-0.25, -0.2) is 8.78 Å². The van der Waals surface area contributed by atoms with Crippen LogP contribution in [0.1, 0.15) is 12.0 Å². The van der Waals surface area contributed by atoms with Crippen LogP contribution in [0.2, 0.25) is 0 Å². The van der Waals surface area contributed by atoms with E-state index in [1.807, 2.05) is 0 Å². The Bertz CT molecular complexity index is 362. The van der Waals surface area contributed by atoms with Crippen molar-refractivity contribution in [3.63, 3.8) is 0 Å². The first kappa shape index (κ1) is 9.50. The summed E-state index contributed by atoms with van der Waals surface area (Å²) in [6.45, 7) is 0. The number of rotatable bonds is 2. The number of anilines is 1. The van der Waals surface area contributed by atoms with Crippen LogP contribution in [0.25, 0.3) is 0 Å². The third-order valence-electron chi connectivity index (χ3n) is 1.50. The first-order valence-electron chi connectivity index (χ1n) is 3.41. The molecule has 4 nitrogen and oxygen atoms in total. The maximum absolute atomic E-state index is 12.3. The largest absolute Gasteiger partial charge is 0.482 e. The Morgan fingerprint density at radius 3 is 2.69 bits per heavy atom. The molecule has 1 aromatic rings. The van der Waals surface area contributed by atoms with E-state index < -0.39 is 17.5 Å². The minimum atomic E-state index is -2.73. The van der Waals surface area contributed by atoms with Crippen LogP contribution in [0.15, 0.2) is 10.9 Å². The summed E-state index contributed by atoms with van der Waals surface area (Å²) in [6, 6.07) is 0.905. The maximum atomic E-state index is 12.3. The van der Waals surface area contributed by atoms with Crippen LogP contribution < -0.4 is 16.0 Å². The fourth-order valence-corrected chi connectivity index (χ4v) is 0.877. The molecule has 0 saturated carbocycles. The molecule has 0 fully saturated rings. The molecule has 0 amide bonds. The maximum Gasteiger partial charge on any atom is 0.273 e. The summed E-state index contributed by atoms with van der Waals surface area (Å²) in [5.41, 5.74) is 3.84. The topological polar surface area (TPSA) is 68.1 Å². The molecule has 1 aromatic heterocycles. The van der Waals surface area contributed by atoms with Gasteiger partial charge in [0.25, 0.3) is 12.0 Å². The Morgan fingerprint density at radius 2 is 2.23 bits per heavy atom. The summed E-state index contributed by atoms with van der Waals surface area (Å²) in [6.07, 6.45) is -2.73. The minimum absolute atomic E-state index is 0.254. The SMILES string of the molecule is COc1[nH]c(=O)c(N)cc1C(F)F. The number of halogens is 2. The van der Waals surface area contributed by atoms with E-state index in [1.54, 1.807) is 0 Å². The van der Waals surface area contributed by atoms with Gasteiger partial charge in [-0.3, -0.25) is 9.78 Å². The second-order valence-electron chi connectivity index (χ2n) is 2.34. The first-order valence-corrected chi connectivity index (χ1v) is 3.41. The molecule has 72 valence electrons. The molecular weight excluding hydrogens is 182 g/mol. The van der Waals surface area contributed by atoms with Crippen molar-refractivity contribution in [3.05, 3.63) is 22.0 Å². The van der Waals surface area contributed by atoms with Gasteiger partial charge in [-0.2, -0.15) is 0 Å². The lowest BCUT2D eigenvalue weighted by molar-refractivity contribution is 0.146. The number of aromatic nitrogens is 1. The van der Waals surface area contributed by atoms with E-state index in [-0.39, 0.29) is 11.6 Å². The second kappa shape index (κ2) is 3.42. The van der Waals surface area contributed by atoms with Gasteiger partial charge in [-0.15, -0.1) is 0 Å². The van der Waals surface area contributed by atoms with E-state index in [1.165, 1.54) is 7.11 Å². The number of hydrogen-bond acceptors (Lipinski definition) is 3. The lowest BCUT2D eigenvalue weighted by atomic mass is 10.2. The molecule has 0 saturated heterocycles. The van der Waals surface area contributed by atoms with Crippen molar-refractivity contribution < 1.29 is 13.5 Å². The van der Waals surface area contributed by atoms with Crippen LogP contribution in [0.4, 0.5) is 14.5 Å². The highest BCUT2D eigenvalue weighted by molar-refractivity contribution is 5.42. The summed E-state index contributed by atoms with van der Waals surface area (Å²) in [5, 5.41) is 0. The van der Waals surface area contributed by atoms with E-state index in [4.69, 9.17) is 5.73 Å². The predicted molar refractivity (Wildman–Crippen MR) is 43.0 cm³/mol. The highest BCUT2D eigenvalue weighted by Gasteiger charge is 2.15. The van der Waals surface area contributed by atoms with Crippen LogP contribution in [-0.2, 0) is 0 Å². The van der Waals surface area contributed by atoms with Gasteiger partial charge in [0.05, 0.1) is 18.4 Å². The van der Waals surface area contributed by atoms with Crippen molar-refractivity contribution in [3.8, 4) is 5.88 Å². The normalized spacial score (nSPS) is 10.5. The Labute approximate surface area is 72.3 Å². The average Bonchev–Trinajstić information content (AvgIpc) is 2.08. The molecule has 1 heterocycles. The molecule has 0 aromatic carbocycles. The standard InChI is InChI=1S/C7H8F2N2O2/c1-13-7-3(5(8)9)2-4(10)6(12)11-7/h2,5H,10H2,1H3,(H,11,12). The van der Waals surface area contributed by atoms with Gasteiger partial charge >= 0.3 is 0 Å². The number of alkyl halides is 2. The highest BCUT2D eigenvalue weighted by Crippen LogP contribution is 2.26. The van der Waals surface area contributed by atoms with Gasteiger partial charge in [-0.1, -0.05) is 0 Å². The van der Waals surface area contributed by atoms with Crippen LogP contribution in [-0.4, -0.2) is 12.1 Å². The van der Waals surface area contributed by atoms with Gasteiger partial charge in [0.1, 0.15) is 0 Å². The van der Waals surface area contributed by atoms with Gasteiger partial charge in [-0.05, 0) is 6.07 Å². The monoisotopic (exact) mass is 190 g/mol. The van der Waals surface area contributed by atoms with E-state index >= 15 is 0 Å².